The molecular weight excluding hydrogens is 126 g/mol. The number of halogens is 2. The van der Waals surface area contributed by atoms with Crippen molar-refractivity contribution in [1.82, 2.24) is 0 Å². The van der Waals surface area contributed by atoms with Gasteiger partial charge in [0.25, 0.3) is 5.75 Å². The van der Waals surface area contributed by atoms with Crippen molar-refractivity contribution in [3.63, 3.8) is 0 Å². The van der Waals surface area contributed by atoms with Gasteiger partial charge >= 0.3 is 0 Å². The maximum absolute atomic E-state index is 12.1. The highest BCUT2D eigenvalue weighted by Crippen LogP contribution is 2.12. The van der Waals surface area contributed by atoms with Gasteiger partial charge in [-0.2, -0.15) is 0 Å². The topological polar surface area (TPSA) is 22.9 Å². The summed E-state index contributed by atoms with van der Waals surface area (Å²) in [7, 11) is 0. The van der Waals surface area contributed by atoms with Crippen LogP contribution in [0.5, 0.6) is 5.75 Å². The lowest BCUT2D eigenvalue weighted by atomic mass is 10.3. The van der Waals surface area contributed by atoms with Crippen LogP contribution >= 0.6 is 0 Å². The zero-order valence-corrected chi connectivity index (χ0v) is 4.49. The molecule has 0 saturated heterocycles. The Morgan fingerprint density at radius 1 is 1.00 bits per heavy atom. The average Bonchev–Trinajstić information content (AvgIpc) is 1.59. The Hall–Kier alpha value is -1.12. The number of rotatable bonds is 0. The maximum atomic E-state index is 12.1. The molecule has 0 heterocycles. The fourth-order valence-corrected chi connectivity index (χ4v) is 0.554. The Kier molecular flexibility index (Phi) is 1.34. The normalized spacial score (nSPS) is 9.56. The Morgan fingerprint density at radius 2 is 1.44 bits per heavy atom. The first-order valence-electron chi connectivity index (χ1n) is 2.36. The van der Waals surface area contributed by atoms with E-state index >= 15 is 0 Å². The van der Waals surface area contributed by atoms with Gasteiger partial charge in [-0.25, -0.2) is 8.78 Å². The molecular formula is C6H5F2O+. The van der Waals surface area contributed by atoms with Crippen LogP contribution in [-0.4, -0.2) is 5.11 Å². The van der Waals surface area contributed by atoms with E-state index in [0.717, 1.165) is 18.2 Å². The van der Waals surface area contributed by atoms with Crippen molar-refractivity contribution in [1.29, 1.82) is 0 Å². The summed E-state index contributed by atoms with van der Waals surface area (Å²) >= 11 is 0. The first kappa shape index (κ1) is 6.01. The van der Waals surface area contributed by atoms with Crippen LogP contribution in [-0.2, 0) is 0 Å². The zero-order valence-electron chi connectivity index (χ0n) is 4.49. The molecule has 1 aromatic rings. The van der Waals surface area contributed by atoms with Gasteiger partial charge in [0.15, 0.2) is 0 Å². The van der Waals surface area contributed by atoms with Gasteiger partial charge in [0, 0.05) is 6.07 Å². The molecule has 0 spiro atoms. The SMILES string of the molecule is [OH2+]c1cc(F)cc(F)c1. The molecule has 0 aliphatic rings. The van der Waals surface area contributed by atoms with Crippen molar-refractivity contribution >= 4 is 0 Å². The second-order valence-corrected chi connectivity index (χ2v) is 1.66. The minimum atomic E-state index is -0.708. The number of benzene rings is 1. The van der Waals surface area contributed by atoms with E-state index in [-0.39, 0.29) is 5.75 Å². The molecule has 3 heteroatoms. The van der Waals surface area contributed by atoms with Crippen LogP contribution in [0.2, 0.25) is 0 Å². The molecule has 0 amide bonds. The summed E-state index contributed by atoms with van der Waals surface area (Å²) in [4.78, 5) is 0. The molecule has 0 fully saturated rings. The van der Waals surface area contributed by atoms with E-state index < -0.39 is 11.6 Å². The predicted molar refractivity (Wildman–Crippen MR) is 29.4 cm³/mol. The summed E-state index contributed by atoms with van der Waals surface area (Å²) in [6, 6.07) is 2.63. The van der Waals surface area contributed by atoms with Gasteiger partial charge in [-0.1, -0.05) is 0 Å². The van der Waals surface area contributed by atoms with Gasteiger partial charge in [0.05, 0.1) is 12.1 Å². The van der Waals surface area contributed by atoms with E-state index in [0.29, 0.717) is 0 Å². The molecule has 0 bridgehead atoms. The van der Waals surface area contributed by atoms with Gasteiger partial charge in [-0.05, 0) is 0 Å². The largest absolute Gasteiger partial charge is 0.593 e. The summed E-state index contributed by atoms with van der Waals surface area (Å²) < 4.78 is 24.1. The molecule has 9 heavy (non-hydrogen) atoms. The van der Waals surface area contributed by atoms with E-state index in [1.54, 1.807) is 0 Å². The average molecular weight is 131 g/mol. The van der Waals surface area contributed by atoms with Gasteiger partial charge in [-0.3, -0.25) is 0 Å². The first-order valence-corrected chi connectivity index (χ1v) is 2.36. The second kappa shape index (κ2) is 2.01. The molecule has 0 unspecified atom stereocenters. The molecule has 0 saturated carbocycles. The minimum absolute atomic E-state index is 0.146. The molecule has 48 valence electrons. The fraction of sp³-hybridized carbons (Fsp3) is 0. The second-order valence-electron chi connectivity index (χ2n) is 1.66. The highest BCUT2D eigenvalue weighted by Gasteiger charge is 1.99. The third-order valence-electron chi connectivity index (χ3n) is 0.863. The predicted octanol–water partition coefficient (Wildman–Crippen LogP) is 1.40. The van der Waals surface area contributed by atoms with Crippen LogP contribution in [0.3, 0.4) is 0 Å². The van der Waals surface area contributed by atoms with Gasteiger partial charge in [0.1, 0.15) is 11.6 Å². The Morgan fingerprint density at radius 3 is 1.78 bits per heavy atom. The molecule has 0 radical (unpaired) electrons. The van der Waals surface area contributed by atoms with E-state index in [2.05, 4.69) is 0 Å². The van der Waals surface area contributed by atoms with Crippen LogP contribution in [0.1, 0.15) is 0 Å². The van der Waals surface area contributed by atoms with E-state index in [1.807, 2.05) is 0 Å². The van der Waals surface area contributed by atoms with Crippen LogP contribution in [0.25, 0.3) is 0 Å². The molecule has 1 nitrogen and oxygen atoms in total. The number of hydrogen-bond donors (Lipinski definition) is 0. The lowest BCUT2D eigenvalue weighted by molar-refractivity contribution is 0.460. The Labute approximate surface area is 50.6 Å². The minimum Gasteiger partial charge on any atom is -0.593 e. The third kappa shape index (κ3) is 1.38. The van der Waals surface area contributed by atoms with E-state index in [9.17, 15) is 8.78 Å². The summed E-state index contributed by atoms with van der Waals surface area (Å²) in [6.45, 7) is 0. The zero-order chi connectivity index (χ0) is 6.85. The van der Waals surface area contributed by atoms with Crippen molar-refractivity contribution in [3.8, 4) is 5.75 Å². The van der Waals surface area contributed by atoms with Crippen molar-refractivity contribution in [2.75, 3.05) is 0 Å². The lowest BCUT2D eigenvalue weighted by Gasteiger charge is -1.87. The summed E-state index contributed by atoms with van der Waals surface area (Å²) in [5.41, 5.74) is 0. The third-order valence-corrected chi connectivity index (χ3v) is 0.863. The van der Waals surface area contributed by atoms with Crippen molar-refractivity contribution in [2.45, 2.75) is 0 Å². The standard InChI is InChI=1S/C6H4F2O/c7-4-1-5(8)3-6(9)2-4/h1-3,9H/p+1. The van der Waals surface area contributed by atoms with Crippen molar-refractivity contribution in [2.24, 2.45) is 0 Å². The quantitative estimate of drug-likeness (QED) is 0.475. The van der Waals surface area contributed by atoms with Gasteiger partial charge in [-0.15, -0.1) is 0 Å². The summed E-state index contributed by atoms with van der Waals surface area (Å²) in [5.74, 6) is -1.56. The van der Waals surface area contributed by atoms with Crippen LogP contribution in [0.15, 0.2) is 18.2 Å². The van der Waals surface area contributed by atoms with Crippen molar-refractivity contribution < 1.29 is 13.9 Å². The highest BCUT2D eigenvalue weighted by atomic mass is 19.1. The molecule has 0 atom stereocenters. The molecule has 0 aliphatic heterocycles. The summed E-state index contributed by atoms with van der Waals surface area (Å²) in [6.07, 6.45) is 0. The Bertz CT molecular complexity index is 172. The highest BCUT2D eigenvalue weighted by molar-refractivity contribution is 5.21. The van der Waals surface area contributed by atoms with Crippen LogP contribution < -0.4 is 0 Å². The fourth-order valence-electron chi connectivity index (χ4n) is 0.554. The molecule has 2 N–H and O–H groups in total. The molecule has 0 aliphatic carbocycles. The van der Waals surface area contributed by atoms with Gasteiger partial charge in [0.2, 0.25) is 0 Å². The molecule has 1 rings (SSSR count). The van der Waals surface area contributed by atoms with Gasteiger partial charge < -0.3 is 5.11 Å². The smallest absolute Gasteiger partial charge is 0.259 e. The monoisotopic (exact) mass is 131 g/mol. The number of hydrogen-bond acceptors (Lipinski definition) is 0. The van der Waals surface area contributed by atoms with Crippen LogP contribution in [0, 0.1) is 11.6 Å². The first-order chi connectivity index (χ1) is 4.18. The van der Waals surface area contributed by atoms with E-state index in [1.165, 1.54) is 0 Å². The van der Waals surface area contributed by atoms with Crippen molar-refractivity contribution in [3.05, 3.63) is 29.8 Å². The lowest BCUT2D eigenvalue weighted by Crippen LogP contribution is -1.76. The molecule has 1 aromatic carbocycles. The van der Waals surface area contributed by atoms with Crippen LogP contribution in [0.4, 0.5) is 8.78 Å². The molecule has 0 aromatic heterocycles. The maximum Gasteiger partial charge on any atom is 0.259 e. The summed E-state index contributed by atoms with van der Waals surface area (Å²) in [5, 5.41) is 6.80. The Balaban J connectivity index is 3.17. The van der Waals surface area contributed by atoms with E-state index in [4.69, 9.17) is 5.11 Å².